The van der Waals surface area contributed by atoms with E-state index in [1.54, 1.807) is 12.1 Å². The fraction of sp³-hybridized carbons (Fsp3) is 0.231. The van der Waals surface area contributed by atoms with Gasteiger partial charge in [0.1, 0.15) is 17.7 Å². The number of hydrogen-bond acceptors (Lipinski definition) is 4. The Kier molecular flexibility index (Phi) is 3.32. The molecule has 0 amide bonds. The largest absolute Gasteiger partial charge is 0.455 e. The number of hydrogen-bond donors (Lipinski definition) is 2. The van der Waals surface area contributed by atoms with Crippen LogP contribution in [0.3, 0.4) is 0 Å². The molecule has 5 nitrogen and oxygen atoms in total. The van der Waals surface area contributed by atoms with Crippen molar-refractivity contribution in [2.45, 2.75) is 20.3 Å². The van der Waals surface area contributed by atoms with Crippen LogP contribution in [0.25, 0.3) is 11.3 Å². The molecule has 5 heteroatoms. The molecule has 2 aromatic heterocycles. The van der Waals surface area contributed by atoms with E-state index < -0.39 is 0 Å². The number of aryl methyl sites for hydroxylation is 2. The van der Waals surface area contributed by atoms with Crippen LogP contribution in [0.15, 0.2) is 32.6 Å². The summed E-state index contributed by atoms with van der Waals surface area (Å²) in [6.45, 7) is 3.74. The average molecular weight is 246 g/mol. The van der Waals surface area contributed by atoms with Crippen molar-refractivity contribution in [3.05, 3.63) is 45.6 Å². The van der Waals surface area contributed by atoms with Gasteiger partial charge in [-0.15, -0.1) is 0 Å². The van der Waals surface area contributed by atoms with Crippen LogP contribution in [0.1, 0.15) is 23.9 Å². The van der Waals surface area contributed by atoms with Gasteiger partial charge in [-0.2, -0.15) is 0 Å². The average Bonchev–Trinajstić information content (AvgIpc) is 2.78. The predicted molar refractivity (Wildman–Crippen MR) is 68.3 cm³/mol. The van der Waals surface area contributed by atoms with E-state index in [2.05, 4.69) is 10.1 Å². The summed E-state index contributed by atoms with van der Waals surface area (Å²) in [5.41, 5.74) is 2.23. The molecule has 0 unspecified atom stereocenters. The van der Waals surface area contributed by atoms with Gasteiger partial charge in [-0.25, -0.2) is 0 Å². The number of aromatic amines is 1. The summed E-state index contributed by atoms with van der Waals surface area (Å²) < 4.78 is 5.50. The van der Waals surface area contributed by atoms with Gasteiger partial charge in [-0.1, -0.05) is 12.1 Å². The normalized spacial score (nSPS) is 11.2. The van der Waals surface area contributed by atoms with Crippen LogP contribution >= 0.6 is 0 Å². The van der Waals surface area contributed by atoms with Gasteiger partial charge in [0, 0.05) is 16.8 Å². The number of H-pyrrole nitrogens is 1. The van der Waals surface area contributed by atoms with Crippen LogP contribution in [0, 0.1) is 6.92 Å². The van der Waals surface area contributed by atoms with Crippen molar-refractivity contribution >= 4 is 6.21 Å². The molecule has 2 aromatic rings. The van der Waals surface area contributed by atoms with Crippen molar-refractivity contribution in [1.82, 2.24) is 4.98 Å². The Hall–Kier alpha value is -2.30. The van der Waals surface area contributed by atoms with Crippen LogP contribution in [0.2, 0.25) is 0 Å². The maximum Gasteiger partial charge on any atom is 0.251 e. The van der Waals surface area contributed by atoms with Crippen molar-refractivity contribution in [3.8, 4) is 11.3 Å². The molecule has 18 heavy (non-hydrogen) atoms. The number of rotatable bonds is 3. The highest BCUT2D eigenvalue weighted by atomic mass is 16.4. The number of aromatic nitrogens is 1. The van der Waals surface area contributed by atoms with Crippen LogP contribution in [0.4, 0.5) is 0 Å². The highest BCUT2D eigenvalue weighted by Gasteiger charge is 2.10. The Balaban J connectivity index is 2.52. The van der Waals surface area contributed by atoms with Crippen molar-refractivity contribution in [2.24, 2.45) is 5.16 Å². The quantitative estimate of drug-likeness (QED) is 0.495. The minimum Gasteiger partial charge on any atom is -0.455 e. The van der Waals surface area contributed by atoms with Crippen LogP contribution in [0.5, 0.6) is 0 Å². The molecule has 0 bridgehead atoms. The number of pyridine rings is 1. The highest BCUT2D eigenvalue weighted by molar-refractivity contribution is 5.77. The second-order valence-corrected chi connectivity index (χ2v) is 3.96. The molecule has 0 saturated carbocycles. The molecule has 0 fully saturated rings. The maximum absolute atomic E-state index is 11.6. The van der Waals surface area contributed by atoms with E-state index in [1.165, 1.54) is 6.21 Å². The van der Waals surface area contributed by atoms with E-state index in [9.17, 15) is 4.79 Å². The first-order valence-corrected chi connectivity index (χ1v) is 5.66. The van der Waals surface area contributed by atoms with Crippen molar-refractivity contribution in [2.75, 3.05) is 0 Å². The van der Waals surface area contributed by atoms with Crippen molar-refractivity contribution in [1.29, 1.82) is 0 Å². The van der Waals surface area contributed by atoms with Gasteiger partial charge < -0.3 is 14.6 Å². The monoisotopic (exact) mass is 246 g/mol. The van der Waals surface area contributed by atoms with E-state index in [1.807, 2.05) is 19.9 Å². The van der Waals surface area contributed by atoms with Gasteiger partial charge in [0.15, 0.2) is 0 Å². The van der Waals surface area contributed by atoms with Crippen LogP contribution in [-0.2, 0) is 6.42 Å². The summed E-state index contributed by atoms with van der Waals surface area (Å²) in [4.78, 5) is 14.4. The lowest BCUT2D eigenvalue weighted by molar-refractivity contribution is 0.321. The van der Waals surface area contributed by atoms with E-state index in [4.69, 9.17) is 9.62 Å². The first-order chi connectivity index (χ1) is 8.65. The summed E-state index contributed by atoms with van der Waals surface area (Å²) >= 11 is 0. The van der Waals surface area contributed by atoms with Gasteiger partial charge in [0.25, 0.3) is 5.56 Å². The fourth-order valence-corrected chi connectivity index (χ4v) is 1.81. The molecule has 2 N–H and O–H groups in total. The van der Waals surface area contributed by atoms with Crippen molar-refractivity contribution < 1.29 is 9.62 Å². The van der Waals surface area contributed by atoms with Gasteiger partial charge in [-0.3, -0.25) is 4.79 Å². The van der Waals surface area contributed by atoms with Crippen molar-refractivity contribution in [3.63, 3.8) is 0 Å². The Morgan fingerprint density at radius 2 is 2.28 bits per heavy atom. The molecular weight excluding hydrogens is 232 g/mol. The molecule has 2 heterocycles. The molecule has 0 saturated heterocycles. The second-order valence-electron chi connectivity index (χ2n) is 3.96. The number of nitrogens with zero attached hydrogens (tertiary/aromatic N) is 1. The third-order valence-corrected chi connectivity index (χ3v) is 2.77. The zero-order valence-corrected chi connectivity index (χ0v) is 10.2. The zero-order valence-electron chi connectivity index (χ0n) is 10.2. The smallest absolute Gasteiger partial charge is 0.251 e. The topological polar surface area (TPSA) is 78.6 Å². The lowest BCUT2D eigenvalue weighted by Crippen LogP contribution is -2.13. The zero-order chi connectivity index (χ0) is 13.1. The molecule has 2 rings (SSSR count). The standard InChI is InChI=1S/C13H14N2O3/c1-3-9-6-11(8(2)15-13(9)16)12-5-4-10(18-12)7-14-17/h4-7,17H,3H2,1-2H3,(H,15,16)/b14-7-. The maximum atomic E-state index is 11.6. The SMILES string of the molecule is CCc1cc(-c2ccc(/C=N\O)o2)c(C)[nH]c1=O. The third kappa shape index (κ3) is 2.20. The Morgan fingerprint density at radius 1 is 1.50 bits per heavy atom. The lowest BCUT2D eigenvalue weighted by atomic mass is 10.1. The minimum absolute atomic E-state index is 0.0672. The summed E-state index contributed by atoms with van der Waals surface area (Å²) in [7, 11) is 0. The second kappa shape index (κ2) is 4.91. The first-order valence-electron chi connectivity index (χ1n) is 5.66. The van der Waals surface area contributed by atoms with Gasteiger partial charge in [0.05, 0.1) is 0 Å². The van der Waals surface area contributed by atoms with Crippen LogP contribution in [-0.4, -0.2) is 16.4 Å². The molecule has 0 radical (unpaired) electrons. The van der Waals surface area contributed by atoms with Gasteiger partial charge >= 0.3 is 0 Å². The summed E-state index contributed by atoms with van der Waals surface area (Å²) in [6, 6.07) is 5.30. The van der Waals surface area contributed by atoms with E-state index in [-0.39, 0.29) is 5.56 Å². The first kappa shape index (κ1) is 12.2. The van der Waals surface area contributed by atoms with Gasteiger partial charge in [0.2, 0.25) is 0 Å². The fourth-order valence-electron chi connectivity index (χ4n) is 1.81. The number of oxime groups is 1. The summed E-state index contributed by atoms with van der Waals surface area (Å²) in [5, 5.41) is 11.3. The van der Waals surface area contributed by atoms with E-state index in [0.717, 1.165) is 11.3 Å². The highest BCUT2D eigenvalue weighted by Crippen LogP contribution is 2.24. The minimum atomic E-state index is -0.0672. The Morgan fingerprint density at radius 3 is 2.94 bits per heavy atom. The predicted octanol–water partition coefficient (Wildman–Crippen LogP) is 2.31. The van der Waals surface area contributed by atoms with E-state index in [0.29, 0.717) is 23.5 Å². The Labute approximate surface area is 104 Å². The van der Waals surface area contributed by atoms with Gasteiger partial charge in [-0.05, 0) is 31.5 Å². The Bertz CT molecular complexity index is 638. The number of furan rings is 1. The summed E-state index contributed by atoms with van der Waals surface area (Å²) in [5.74, 6) is 1.09. The molecular formula is C13H14N2O3. The molecule has 94 valence electrons. The molecule has 0 aliphatic heterocycles. The molecule has 0 aliphatic rings. The molecule has 0 aromatic carbocycles. The lowest BCUT2D eigenvalue weighted by Gasteiger charge is -2.04. The molecule has 0 aliphatic carbocycles. The third-order valence-electron chi connectivity index (χ3n) is 2.77. The number of nitrogens with one attached hydrogen (secondary N) is 1. The summed E-state index contributed by atoms with van der Waals surface area (Å²) in [6.07, 6.45) is 1.87. The molecule has 0 spiro atoms. The molecule has 0 atom stereocenters. The van der Waals surface area contributed by atoms with E-state index >= 15 is 0 Å². The van der Waals surface area contributed by atoms with Crippen LogP contribution < -0.4 is 5.56 Å².